The van der Waals surface area contributed by atoms with E-state index < -0.39 is 6.10 Å². The van der Waals surface area contributed by atoms with Crippen molar-refractivity contribution in [2.45, 2.75) is 12.5 Å². The summed E-state index contributed by atoms with van der Waals surface area (Å²) in [7, 11) is 1.59. The summed E-state index contributed by atoms with van der Waals surface area (Å²) in [5.41, 5.74) is 2.55. The lowest BCUT2D eigenvalue weighted by atomic mass is 9.93. The van der Waals surface area contributed by atoms with Gasteiger partial charge in [-0.15, -0.1) is 0 Å². The van der Waals surface area contributed by atoms with Gasteiger partial charge in [0.1, 0.15) is 5.75 Å². The highest BCUT2D eigenvalue weighted by Gasteiger charge is 2.35. The highest BCUT2D eigenvalue weighted by molar-refractivity contribution is 5.99. The minimum Gasteiger partial charge on any atom is -0.497 e. The lowest BCUT2D eigenvalue weighted by Gasteiger charge is -2.14. The predicted octanol–water partition coefficient (Wildman–Crippen LogP) is 2.78. The molecule has 1 N–H and O–H groups in total. The predicted molar refractivity (Wildman–Crippen MR) is 75.9 cm³/mol. The lowest BCUT2D eigenvalue weighted by Crippen LogP contribution is -2.19. The van der Waals surface area contributed by atoms with Crippen LogP contribution in [-0.4, -0.2) is 18.0 Å². The van der Waals surface area contributed by atoms with E-state index in [1.807, 2.05) is 24.3 Å². The summed E-state index contributed by atoms with van der Waals surface area (Å²) >= 11 is 0. The first-order valence-electron chi connectivity index (χ1n) is 6.65. The Labute approximate surface area is 117 Å². The standard InChI is InChI=1S/C17H16O3/c1-20-13-8-6-11(7-9-13)16(18)15-10-12-4-2-3-5-14(12)17(15)19/h2-9,15,17,19H,10H2,1H3. The summed E-state index contributed by atoms with van der Waals surface area (Å²) in [5.74, 6) is 0.314. The molecule has 0 saturated carbocycles. The van der Waals surface area contributed by atoms with Gasteiger partial charge in [-0.1, -0.05) is 24.3 Å². The van der Waals surface area contributed by atoms with Crippen LogP contribution >= 0.6 is 0 Å². The Hall–Kier alpha value is -2.13. The smallest absolute Gasteiger partial charge is 0.169 e. The van der Waals surface area contributed by atoms with Gasteiger partial charge in [0.05, 0.1) is 19.1 Å². The van der Waals surface area contributed by atoms with Crippen LogP contribution in [-0.2, 0) is 6.42 Å². The lowest BCUT2D eigenvalue weighted by molar-refractivity contribution is 0.0725. The van der Waals surface area contributed by atoms with E-state index in [1.54, 1.807) is 31.4 Å². The molecule has 3 nitrogen and oxygen atoms in total. The van der Waals surface area contributed by atoms with Gasteiger partial charge in [0.25, 0.3) is 0 Å². The zero-order chi connectivity index (χ0) is 14.1. The molecular formula is C17H16O3. The quantitative estimate of drug-likeness (QED) is 0.871. The van der Waals surface area contributed by atoms with Gasteiger partial charge in [-0.2, -0.15) is 0 Å². The highest BCUT2D eigenvalue weighted by Crippen LogP contribution is 2.37. The SMILES string of the molecule is COc1ccc(C(=O)C2Cc3ccccc3C2O)cc1. The largest absolute Gasteiger partial charge is 0.497 e. The van der Waals surface area contributed by atoms with Gasteiger partial charge in [-0.05, 0) is 41.8 Å². The van der Waals surface area contributed by atoms with Gasteiger partial charge in [0, 0.05) is 5.56 Å². The zero-order valence-corrected chi connectivity index (χ0v) is 11.2. The third kappa shape index (κ3) is 2.10. The van der Waals surface area contributed by atoms with Crippen molar-refractivity contribution < 1.29 is 14.6 Å². The number of methoxy groups -OCH3 is 1. The van der Waals surface area contributed by atoms with Gasteiger partial charge >= 0.3 is 0 Å². The van der Waals surface area contributed by atoms with Crippen LogP contribution in [0.3, 0.4) is 0 Å². The topological polar surface area (TPSA) is 46.5 Å². The number of ether oxygens (including phenoxy) is 1. The zero-order valence-electron chi connectivity index (χ0n) is 11.2. The number of Topliss-reactive ketones (excluding diaryl/α,β-unsaturated/α-hetero) is 1. The molecule has 0 fully saturated rings. The van der Waals surface area contributed by atoms with Gasteiger partial charge in [0.15, 0.2) is 5.78 Å². The molecule has 2 aromatic carbocycles. The van der Waals surface area contributed by atoms with Crippen LogP contribution in [0.25, 0.3) is 0 Å². The molecule has 0 spiro atoms. The Kier molecular flexibility index (Phi) is 3.28. The Bertz CT molecular complexity index is 631. The normalized spacial score (nSPS) is 20.5. The molecular weight excluding hydrogens is 252 g/mol. The molecule has 0 saturated heterocycles. The number of rotatable bonds is 3. The summed E-state index contributed by atoms with van der Waals surface area (Å²) < 4.78 is 5.09. The molecule has 1 aliphatic rings. The number of aliphatic hydroxyl groups is 1. The fourth-order valence-electron chi connectivity index (χ4n) is 2.78. The Balaban J connectivity index is 1.85. The number of carbonyl (C=O) groups is 1. The summed E-state index contributed by atoms with van der Waals surface area (Å²) in [6.45, 7) is 0. The molecule has 0 amide bonds. The molecule has 0 aromatic heterocycles. The number of carbonyl (C=O) groups excluding carboxylic acids is 1. The number of hydrogen-bond donors (Lipinski definition) is 1. The van der Waals surface area contributed by atoms with E-state index in [0.717, 1.165) is 16.9 Å². The van der Waals surface area contributed by atoms with Crippen molar-refractivity contribution in [3.05, 3.63) is 65.2 Å². The third-order valence-corrected chi connectivity index (χ3v) is 3.91. The van der Waals surface area contributed by atoms with Crippen LogP contribution in [0.4, 0.5) is 0 Å². The molecule has 3 rings (SSSR count). The minimum atomic E-state index is -0.708. The molecule has 0 aliphatic heterocycles. The number of ketones is 1. The van der Waals surface area contributed by atoms with Gasteiger partial charge in [0.2, 0.25) is 0 Å². The summed E-state index contributed by atoms with van der Waals surface area (Å²) in [5, 5.41) is 10.3. The van der Waals surface area contributed by atoms with Crippen molar-refractivity contribution in [1.29, 1.82) is 0 Å². The van der Waals surface area contributed by atoms with E-state index in [9.17, 15) is 9.90 Å². The number of benzene rings is 2. The summed E-state index contributed by atoms with van der Waals surface area (Å²) in [4.78, 5) is 12.5. The molecule has 1 aliphatic carbocycles. The van der Waals surface area contributed by atoms with Crippen LogP contribution < -0.4 is 4.74 Å². The van der Waals surface area contributed by atoms with Crippen molar-refractivity contribution in [2.75, 3.05) is 7.11 Å². The molecule has 102 valence electrons. The first kappa shape index (κ1) is 12.9. The molecule has 2 atom stereocenters. The first-order valence-corrected chi connectivity index (χ1v) is 6.65. The van der Waals surface area contributed by atoms with Gasteiger partial charge in [-0.3, -0.25) is 4.79 Å². The fraction of sp³-hybridized carbons (Fsp3) is 0.235. The monoisotopic (exact) mass is 268 g/mol. The van der Waals surface area contributed by atoms with Crippen LogP contribution in [0.5, 0.6) is 5.75 Å². The van der Waals surface area contributed by atoms with E-state index in [2.05, 4.69) is 0 Å². The molecule has 0 bridgehead atoms. The maximum Gasteiger partial charge on any atom is 0.169 e. The molecule has 20 heavy (non-hydrogen) atoms. The van der Waals surface area contributed by atoms with Crippen LogP contribution in [0.15, 0.2) is 48.5 Å². The van der Waals surface area contributed by atoms with Crippen LogP contribution in [0.1, 0.15) is 27.6 Å². The van der Waals surface area contributed by atoms with Crippen molar-refractivity contribution in [3.63, 3.8) is 0 Å². The second-order valence-electron chi connectivity index (χ2n) is 5.05. The van der Waals surface area contributed by atoms with Crippen molar-refractivity contribution in [2.24, 2.45) is 5.92 Å². The van der Waals surface area contributed by atoms with Crippen molar-refractivity contribution in [1.82, 2.24) is 0 Å². The molecule has 3 heteroatoms. The maximum atomic E-state index is 12.5. The number of aliphatic hydroxyl groups excluding tert-OH is 1. The van der Waals surface area contributed by atoms with E-state index >= 15 is 0 Å². The molecule has 0 heterocycles. The minimum absolute atomic E-state index is 0.0173. The second kappa shape index (κ2) is 5.10. The molecule has 2 unspecified atom stereocenters. The van der Waals surface area contributed by atoms with Crippen molar-refractivity contribution in [3.8, 4) is 5.75 Å². The van der Waals surface area contributed by atoms with E-state index in [-0.39, 0.29) is 11.7 Å². The molecule has 2 aromatic rings. The summed E-state index contributed by atoms with van der Waals surface area (Å²) in [6, 6.07) is 14.7. The second-order valence-corrected chi connectivity index (χ2v) is 5.05. The van der Waals surface area contributed by atoms with E-state index in [0.29, 0.717) is 12.0 Å². The van der Waals surface area contributed by atoms with Crippen LogP contribution in [0.2, 0.25) is 0 Å². The Morgan fingerprint density at radius 2 is 1.85 bits per heavy atom. The average Bonchev–Trinajstić information content (AvgIpc) is 2.84. The van der Waals surface area contributed by atoms with Gasteiger partial charge < -0.3 is 9.84 Å². The average molecular weight is 268 g/mol. The van der Waals surface area contributed by atoms with E-state index in [1.165, 1.54) is 0 Å². The third-order valence-electron chi connectivity index (χ3n) is 3.91. The van der Waals surface area contributed by atoms with Gasteiger partial charge in [-0.25, -0.2) is 0 Å². The molecule has 0 radical (unpaired) electrons. The number of hydrogen-bond acceptors (Lipinski definition) is 3. The Morgan fingerprint density at radius 1 is 1.15 bits per heavy atom. The first-order chi connectivity index (χ1) is 9.70. The Morgan fingerprint density at radius 3 is 2.50 bits per heavy atom. The number of fused-ring (bicyclic) bond motifs is 1. The van der Waals surface area contributed by atoms with Crippen LogP contribution in [0, 0.1) is 5.92 Å². The maximum absolute atomic E-state index is 12.5. The van der Waals surface area contributed by atoms with Crippen molar-refractivity contribution >= 4 is 5.78 Å². The van der Waals surface area contributed by atoms with E-state index in [4.69, 9.17) is 4.74 Å². The fourth-order valence-corrected chi connectivity index (χ4v) is 2.78. The highest BCUT2D eigenvalue weighted by atomic mass is 16.5. The summed E-state index contributed by atoms with van der Waals surface area (Å²) in [6.07, 6.45) is -0.108.